The average molecular weight is 287 g/mol. The Kier molecular flexibility index (Phi) is 3.49. The zero-order chi connectivity index (χ0) is 12.3. The summed E-state index contributed by atoms with van der Waals surface area (Å²) >= 11 is 3.36. The fourth-order valence-corrected chi connectivity index (χ4v) is 1.76. The lowest BCUT2D eigenvalue weighted by Gasteiger charge is -2.05. The highest BCUT2D eigenvalue weighted by molar-refractivity contribution is 9.10. The van der Waals surface area contributed by atoms with E-state index in [4.69, 9.17) is 10.8 Å². The molecule has 1 aliphatic rings. The molecule has 2 N–H and O–H groups in total. The molecule has 0 heterocycles. The molecule has 1 aliphatic carbocycles. The maximum absolute atomic E-state index is 7.98. The molecule has 0 radical (unpaired) electrons. The van der Waals surface area contributed by atoms with E-state index in [0.29, 0.717) is 11.4 Å². The van der Waals surface area contributed by atoms with E-state index >= 15 is 0 Å². The first kappa shape index (κ1) is 11.7. The molecule has 17 heavy (non-hydrogen) atoms. The number of halogens is 1. The van der Waals surface area contributed by atoms with Crippen LogP contribution in [0.25, 0.3) is 0 Å². The van der Waals surface area contributed by atoms with Gasteiger partial charge in [0.2, 0.25) is 0 Å². The largest absolute Gasteiger partial charge is 0.300 e. The summed E-state index contributed by atoms with van der Waals surface area (Å²) in [6, 6.07) is 7.58. The number of rotatable bonds is 2. The molecule has 1 aromatic carbocycles. The van der Waals surface area contributed by atoms with Crippen molar-refractivity contribution in [1.82, 2.24) is 0 Å². The zero-order valence-electron chi connectivity index (χ0n) is 9.07. The van der Waals surface area contributed by atoms with Crippen molar-refractivity contribution in [2.24, 2.45) is 0 Å². The Morgan fingerprint density at radius 1 is 1.06 bits per heavy atom. The van der Waals surface area contributed by atoms with Crippen LogP contribution in [-0.2, 0) is 0 Å². The Bertz CT molecular complexity index is 548. The van der Waals surface area contributed by atoms with Gasteiger partial charge >= 0.3 is 0 Å². The van der Waals surface area contributed by atoms with Crippen LogP contribution in [-0.4, -0.2) is 11.4 Å². The third kappa shape index (κ3) is 2.88. The lowest BCUT2D eigenvalue weighted by atomic mass is 10.0. The molecular formula is C14H11BrN2. The summed E-state index contributed by atoms with van der Waals surface area (Å²) in [5.41, 5.74) is 2.46. The maximum atomic E-state index is 7.98. The molecule has 0 atom stereocenters. The molecule has 2 nitrogen and oxygen atoms in total. The van der Waals surface area contributed by atoms with Crippen LogP contribution in [0, 0.1) is 10.8 Å². The molecule has 0 saturated heterocycles. The summed E-state index contributed by atoms with van der Waals surface area (Å²) in [4.78, 5) is 0. The van der Waals surface area contributed by atoms with E-state index in [1.54, 1.807) is 12.2 Å². The summed E-state index contributed by atoms with van der Waals surface area (Å²) in [6.45, 7) is 0. The Labute approximate surface area is 109 Å². The minimum absolute atomic E-state index is 0.414. The number of hydrogen-bond acceptors (Lipinski definition) is 2. The average Bonchev–Trinajstić information content (AvgIpc) is 2.33. The SMILES string of the molecule is N=C1C=CC=C/C1=C/C(=N)c1ccc(Br)cc1. The summed E-state index contributed by atoms with van der Waals surface area (Å²) < 4.78 is 0.995. The molecule has 3 heteroatoms. The van der Waals surface area contributed by atoms with Gasteiger partial charge in [0.05, 0.1) is 11.4 Å². The highest BCUT2D eigenvalue weighted by Gasteiger charge is 2.04. The lowest BCUT2D eigenvalue weighted by molar-refractivity contribution is 1.46. The van der Waals surface area contributed by atoms with Gasteiger partial charge in [-0.2, -0.15) is 0 Å². The Hall–Kier alpha value is -1.74. The van der Waals surface area contributed by atoms with Gasteiger partial charge in [-0.1, -0.05) is 46.3 Å². The van der Waals surface area contributed by atoms with Gasteiger partial charge in [0.25, 0.3) is 0 Å². The third-order valence-corrected chi connectivity index (χ3v) is 2.94. The van der Waals surface area contributed by atoms with Crippen molar-refractivity contribution in [3.05, 3.63) is 70.3 Å². The van der Waals surface area contributed by atoms with Crippen LogP contribution in [0.4, 0.5) is 0 Å². The molecule has 1 aromatic rings. The Balaban J connectivity index is 2.25. The first-order chi connectivity index (χ1) is 8.16. The molecule has 0 bridgehead atoms. The number of benzene rings is 1. The smallest absolute Gasteiger partial charge is 0.0618 e. The number of hydrogen-bond donors (Lipinski definition) is 2. The van der Waals surface area contributed by atoms with E-state index in [9.17, 15) is 0 Å². The molecule has 0 spiro atoms. The maximum Gasteiger partial charge on any atom is 0.0618 e. The van der Waals surface area contributed by atoms with Crippen LogP contribution in [0.3, 0.4) is 0 Å². The van der Waals surface area contributed by atoms with Gasteiger partial charge in [0, 0.05) is 10.0 Å². The Morgan fingerprint density at radius 2 is 1.71 bits per heavy atom. The summed E-state index contributed by atoms with van der Waals surface area (Å²) in [5.74, 6) is 0. The number of nitrogens with one attached hydrogen (secondary N) is 2. The van der Waals surface area contributed by atoms with Gasteiger partial charge in [-0.25, -0.2) is 0 Å². The minimum atomic E-state index is 0.414. The highest BCUT2D eigenvalue weighted by atomic mass is 79.9. The lowest BCUT2D eigenvalue weighted by Crippen LogP contribution is -2.02. The minimum Gasteiger partial charge on any atom is -0.300 e. The fourth-order valence-electron chi connectivity index (χ4n) is 1.49. The topological polar surface area (TPSA) is 47.7 Å². The highest BCUT2D eigenvalue weighted by Crippen LogP contribution is 2.13. The second-order valence-corrected chi connectivity index (χ2v) is 4.57. The van der Waals surface area contributed by atoms with Crippen molar-refractivity contribution in [1.29, 1.82) is 10.8 Å². The van der Waals surface area contributed by atoms with Crippen LogP contribution in [0.5, 0.6) is 0 Å². The van der Waals surface area contributed by atoms with E-state index in [0.717, 1.165) is 15.6 Å². The van der Waals surface area contributed by atoms with E-state index in [2.05, 4.69) is 15.9 Å². The van der Waals surface area contributed by atoms with Gasteiger partial charge in [-0.3, -0.25) is 0 Å². The second-order valence-electron chi connectivity index (χ2n) is 3.65. The van der Waals surface area contributed by atoms with Gasteiger partial charge in [0.15, 0.2) is 0 Å². The van der Waals surface area contributed by atoms with Crippen LogP contribution in [0.2, 0.25) is 0 Å². The predicted octanol–water partition coefficient (Wildman–Crippen LogP) is 3.89. The summed E-state index contributed by atoms with van der Waals surface area (Å²) in [6.07, 6.45) is 8.98. The molecule has 0 saturated carbocycles. The van der Waals surface area contributed by atoms with Crippen LogP contribution < -0.4 is 0 Å². The van der Waals surface area contributed by atoms with E-state index in [-0.39, 0.29) is 0 Å². The first-order valence-electron chi connectivity index (χ1n) is 5.17. The van der Waals surface area contributed by atoms with Crippen LogP contribution in [0.1, 0.15) is 5.56 Å². The molecular weight excluding hydrogens is 276 g/mol. The molecule has 0 aliphatic heterocycles. The monoisotopic (exact) mass is 286 g/mol. The zero-order valence-corrected chi connectivity index (χ0v) is 10.7. The molecule has 0 aromatic heterocycles. The van der Waals surface area contributed by atoms with Gasteiger partial charge in [-0.05, 0) is 29.8 Å². The summed E-state index contributed by atoms with van der Waals surface area (Å²) in [5, 5.41) is 15.7. The molecule has 0 amide bonds. The quantitative estimate of drug-likeness (QED) is 0.775. The Morgan fingerprint density at radius 3 is 2.35 bits per heavy atom. The fraction of sp³-hybridized carbons (Fsp3) is 0. The second kappa shape index (κ2) is 5.06. The van der Waals surface area contributed by atoms with Crippen LogP contribution >= 0.6 is 15.9 Å². The van der Waals surface area contributed by atoms with Crippen molar-refractivity contribution in [2.75, 3.05) is 0 Å². The molecule has 84 valence electrons. The van der Waals surface area contributed by atoms with Crippen molar-refractivity contribution < 1.29 is 0 Å². The van der Waals surface area contributed by atoms with Crippen molar-refractivity contribution in [3.8, 4) is 0 Å². The van der Waals surface area contributed by atoms with E-state index in [1.165, 1.54) is 0 Å². The summed E-state index contributed by atoms with van der Waals surface area (Å²) in [7, 11) is 0. The first-order valence-corrected chi connectivity index (χ1v) is 5.96. The van der Waals surface area contributed by atoms with Crippen molar-refractivity contribution in [3.63, 3.8) is 0 Å². The molecule has 0 unspecified atom stereocenters. The molecule has 2 rings (SSSR count). The van der Waals surface area contributed by atoms with Crippen molar-refractivity contribution in [2.45, 2.75) is 0 Å². The standard InChI is InChI=1S/C14H11BrN2/c15-12-7-5-10(6-8-12)14(17)9-11-3-1-2-4-13(11)16/h1-9,16-17H/b11-9-,16-13?,17-14?. The van der Waals surface area contributed by atoms with Crippen molar-refractivity contribution >= 4 is 27.4 Å². The van der Waals surface area contributed by atoms with E-state index < -0.39 is 0 Å². The van der Waals surface area contributed by atoms with Crippen LogP contribution in [0.15, 0.2) is 64.7 Å². The normalized spacial score (nSPS) is 16.5. The van der Waals surface area contributed by atoms with Gasteiger partial charge in [0.1, 0.15) is 0 Å². The number of allylic oxidation sites excluding steroid dienone is 6. The molecule has 0 fully saturated rings. The van der Waals surface area contributed by atoms with Gasteiger partial charge in [-0.15, -0.1) is 0 Å². The van der Waals surface area contributed by atoms with E-state index in [1.807, 2.05) is 42.5 Å². The van der Waals surface area contributed by atoms with Gasteiger partial charge < -0.3 is 10.8 Å². The predicted molar refractivity (Wildman–Crippen MR) is 75.1 cm³/mol. The third-order valence-electron chi connectivity index (χ3n) is 2.42.